The summed E-state index contributed by atoms with van der Waals surface area (Å²) in [6, 6.07) is 0. The van der Waals surface area contributed by atoms with Crippen molar-refractivity contribution in [3.8, 4) is 11.8 Å². The highest BCUT2D eigenvalue weighted by Crippen LogP contribution is 2.06. The molecule has 0 amide bonds. The van der Waals surface area contributed by atoms with Crippen molar-refractivity contribution >= 4 is 11.8 Å². The molecule has 0 bridgehead atoms. The quantitative estimate of drug-likeness (QED) is 0.542. The zero-order valence-electron chi connectivity index (χ0n) is 8.25. The number of hydrogen-bond donors (Lipinski definition) is 2. The number of nitrogen functional groups attached to an aromatic ring is 2. The van der Waals surface area contributed by atoms with E-state index in [2.05, 4.69) is 28.7 Å². The zero-order chi connectivity index (χ0) is 10.4. The number of rotatable bonds is 2. The van der Waals surface area contributed by atoms with Crippen molar-refractivity contribution in [3.05, 3.63) is 11.8 Å². The molecular formula is C10H14N4. The Balaban J connectivity index is 2.70. The van der Waals surface area contributed by atoms with E-state index in [9.17, 15) is 0 Å². The number of hydrogen-bond acceptors (Lipinski definition) is 4. The third kappa shape index (κ3) is 2.94. The monoisotopic (exact) mass is 190 g/mol. The van der Waals surface area contributed by atoms with Crippen molar-refractivity contribution in [3.63, 3.8) is 0 Å². The molecule has 0 saturated carbocycles. The smallest absolute Gasteiger partial charge is 0.221 e. The second-order valence-corrected chi connectivity index (χ2v) is 2.93. The van der Waals surface area contributed by atoms with Crippen molar-refractivity contribution in [1.29, 1.82) is 0 Å². The molecule has 1 aromatic heterocycles. The van der Waals surface area contributed by atoms with Crippen LogP contribution in [0.1, 0.15) is 31.7 Å². The summed E-state index contributed by atoms with van der Waals surface area (Å²) in [6.07, 6.45) is 4.67. The van der Waals surface area contributed by atoms with E-state index in [1.807, 2.05) is 0 Å². The minimum atomic E-state index is 0.182. The van der Waals surface area contributed by atoms with E-state index in [4.69, 9.17) is 11.5 Å². The fourth-order valence-corrected chi connectivity index (χ4v) is 0.929. The SMILES string of the molecule is CCCCC#Cc1cnc(N)nc1N. The van der Waals surface area contributed by atoms with Crippen LogP contribution in [0.3, 0.4) is 0 Å². The van der Waals surface area contributed by atoms with Crippen molar-refractivity contribution in [2.24, 2.45) is 0 Å². The lowest BCUT2D eigenvalue weighted by Gasteiger charge is -1.96. The molecule has 0 atom stereocenters. The van der Waals surface area contributed by atoms with E-state index in [1.54, 1.807) is 6.20 Å². The van der Waals surface area contributed by atoms with E-state index in [1.165, 1.54) is 0 Å². The van der Waals surface area contributed by atoms with Crippen LogP contribution in [0.25, 0.3) is 0 Å². The molecule has 1 rings (SSSR count). The molecule has 0 spiro atoms. The van der Waals surface area contributed by atoms with Crippen LogP contribution in [0.2, 0.25) is 0 Å². The van der Waals surface area contributed by atoms with Crippen LogP contribution >= 0.6 is 0 Å². The van der Waals surface area contributed by atoms with Crippen molar-refractivity contribution in [2.75, 3.05) is 11.5 Å². The van der Waals surface area contributed by atoms with Gasteiger partial charge in [-0.2, -0.15) is 4.98 Å². The van der Waals surface area contributed by atoms with Crippen LogP contribution in [0, 0.1) is 11.8 Å². The molecule has 0 saturated heterocycles. The maximum Gasteiger partial charge on any atom is 0.221 e. The summed E-state index contributed by atoms with van der Waals surface area (Å²) in [5, 5.41) is 0. The van der Waals surface area contributed by atoms with Crippen LogP contribution in [-0.2, 0) is 0 Å². The van der Waals surface area contributed by atoms with Gasteiger partial charge in [-0.25, -0.2) is 4.98 Å². The first-order valence-electron chi connectivity index (χ1n) is 4.61. The van der Waals surface area contributed by atoms with Gasteiger partial charge in [0.15, 0.2) is 0 Å². The van der Waals surface area contributed by atoms with Gasteiger partial charge in [-0.1, -0.05) is 25.2 Å². The molecule has 0 fully saturated rings. The van der Waals surface area contributed by atoms with Gasteiger partial charge in [-0.05, 0) is 6.42 Å². The summed E-state index contributed by atoms with van der Waals surface area (Å²) in [5.74, 6) is 6.46. The topological polar surface area (TPSA) is 77.8 Å². The second kappa shape index (κ2) is 5.07. The first-order valence-corrected chi connectivity index (χ1v) is 4.61. The summed E-state index contributed by atoms with van der Waals surface area (Å²) in [6.45, 7) is 2.13. The van der Waals surface area contributed by atoms with Gasteiger partial charge < -0.3 is 11.5 Å². The number of anilines is 2. The van der Waals surface area contributed by atoms with Crippen LogP contribution in [-0.4, -0.2) is 9.97 Å². The average Bonchev–Trinajstić information content (AvgIpc) is 2.15. The fraction of sp³-hybridized carbons (Fsp3) is 0.400. The lowest BCUT2D eigenvalue weighted by atomic mass is 10.2. The number of unbranched alkanes of at least 4 members (excludes halogenated alkanes) is 2. The summed E-state index contributed by atoms with van der Waals surface area (Å²) in [7, 11) is 0. The first-order chi connectivity index (χ1) is 6.74. The molecule has 0 aliphatic heterocycles. The average molecular weight is 190 g/mol. The lowest BCUT2D eigenvalue weighted by Crippen LogP contribution is -2.01. The zero-order valence-corrected chi connectivity index (χ0v) is 8.25. The minimum Gasteiger partial charge on any atom is -0.382 e. The highest BCUT2D eigenvalue weighted by Gasteiger charge is 1.97. The highest BCUT2D eigenvalue weighted by molar-refractivity contribution is 5.51. The molecule has 0 aliphatic rings. The maximum atomic E-state index is 5.60. The molecule has 14 heavy (non-hydrogen) atoms. The number of nitrogens with two attached hydrogens (primary N) is 2. The molecule has 0 unspecified atom stereocenters. The van der Waals surface area contributed by atoms with Gasteiger partial charge in [0.05, 0.1) is 11.8 Å². The summed E-state index contributed by atoms with van der Waals surface area (Å²) < 4.78 is 0. The molecule has 74 valence electrons. The van der Waals surface area contributed by atoms with Crippen LogP contribution < -0.4 is 11.5 Å². The van der Waals surface area contributed by atoms with Gasteiger partial charge in [-0.3, -0.25) is 0 Å². The van der Waals surface area contributed by atoms with Crippen LogP contribution in [0.5, 0.6) is 0 Å². The Kier molecular flexibility index (Phi) is 3.74. The Morgan fingerprint density at radius 1 is 1.43 bits per heavy atom. The van der Waals surface area contributed by atoms with Gasteiger partial charge in [0, 0.05) is 6.42 Å². The van der Waals surface area contributed by atoms with Crippen molar-refractivity contribution in [1.82, 2.24) is 9.97 Å². The van der Waals surface area contributed by atoms with E-state index in [0.717, 1.165) is 19.3 Å². The van der Waals surface area contributed by atoms with Gasteiger partial charge >= 0.3 is 0 Å². The van der Waals surface area contributed by atoms with Crippen molar-refractivity contribution in [2.45, 2.75) is 26.2 Å². The van der Waals surface area contributed by atoms with Gasteiger partial charge in [-0.15, -0.1) is 0 Å². The number of nitrogens with zero attached hydrogens (tertiary/aromatic N) is 2. The third-order valence-electron chi connectivity index (χ3n) is 1.72. The molecular weight excluding hydrogens is 176 g/mol. The van der Waals surface area contributed by atoms with E-state index in [0.29, 0.717) is 11.4 Å². The Hall–Kier alpha value is -1.76. The standard InChI is InChI=1S/C10H14N4/c1-2-3-4-5-6-8-7-13-10(12)14-9(8)11/h7H,2-4H2,1H3,(H4,11,12,13,14). The third-order valence-corrected chi connectivity index (χ3v) is 1.72. The minimum absolute atomic E-state index is 0.182. The van der Waals surface area contributed by atoms with Gasteiger partial charge in [0.1, 0.15) is 5.82 Å². The van der Waals surface area contributed by atoms with Gasteiger partial charge in [0.25, 0.3) is 0 Å². The molecule has 1 aromatic rings. The second-order valence-electron chi connectivity index (χ2n) is 2.93. The Morgan fingerprint density at radius 3 is 2.86 bits per heavy atom. The van der Waals surface area contributed by atoms with E-state index in [-0.39, 0.29) is 5.95 Å². The van der Waals surface area contributed by atoms with E-state index >= 15 is 0 Å². The molecule has 0 radical (unpaired) electrons. The Labute approximate surface area is 83.7 Å². The summed E-state index contributed by atoms with van der Waals surface area (Å²) >= 11 is 0. The van der Waals surface area contributed by atoms with Crippen LogP contribution in [0.4, 0.5) is 11.8 Å². The van der Waals surface area contributed by atoms with E-state index < -0.39 is 0 Å². The lowest BCUT2D eigenvalue weighted by molar-refractivity contribution is 0.828. The summed E-state index contributed by atoms with van der Waals surface area (Å²) in [5.41, 5.74) is 11.6. The Bertz CT molecular complexity index is 362. The molecule has 4 heteroatoms. The largest absolute Gasteiger partial charge is 0.382 e. The maximum absolute atomic E-state index is 5.60. The number of aromatic nitrogens is 2. The fourth-order valence-electron chi connectivity index (χ4n) is 0.929. The summed E-state index contributed by atoms with van der Waals surface area (Å²) in [4.78, 5) is 7.64. The molecule has 1 heterocycles. The van der Waals surface area contributed by atoms with Crippen molar-refractivity contribution < 1.29 is 0 Å². The molecule has 4 N–H and O–H groups in total. The predicted molar refractivity (Wildman–Crippen MR) is 57.3 cm³/mol. The first kappa shape index (κ1) is 10.3. The van der Waals surface area contributed by atoms with Crippen LogP contribution in [0.15, 0.2) is 6.20 Å². The molecule has 4 nitrogen and oxygen atoms in total. The predicted octanol–water partition coefficient (Wildman–Crippen LogP) is 1.18. The molecule has 0 aromatic carbocycles. The van der Waals surface area contributed by atoms with Gasteiger partial charge in [0.2, 0.25) is 5.95 Å². The Morgan fingerprint density at radius 2 is 2.21 bits per heavy atom. The normalized spacial score (nSPS) is 9.21. The highest BCUT2D eigenvalue weighted by atomic mass is 15.0. The molecule has 0 aliphatic carbocycles.